The Hall–Kier alpha value is -3.72. The van der Waals surface area contributed by atoms with E-state index in [9.17, 15) is 19.5 Å². The fourth-order valence-corrected chi connectivity index (χ4v) is 6.03. The highest BCUT2D eigenvalue weighted by atomic mass is 19.1. The van der Waals surface area contributed by atoms with Crippen molar-refractivity contribution in [1.29, 1.82) is 0 Å². The molecule has 2 aliphatic heterocycles. The van der Waals surface area contributed by atoms with Crippen molar-refractivity contribution >= 4 is 28.5 Å². The number of halogens is 1. The van der Waals surface area contributed by atoms with Gasteiger partial charge in [0.2, 0.25) is 11.3 Å². The van der Waals surface area contributed by atoms with Crippen LogP contribution in [0.4, 0.5) is 10.1 Å². The van der Waals surface area contributed by atoms with Gasteiger partial charge in [-0.1, -0.05) is 30.3 Å². The number of carbonyl (C=O) groups is 2. The lowest BCUT2D eigenvalue weighted by Crippen LogP contribution is -2.44. The molecule has 0 unspecified atom stereocenters. The Kier molecular flexibility index (Phi) is 5.75. The molecule has 0 radical (unpaired) electrons. The van der Waals surface area contributed by atoms with Crippen LogP contribution in [-0.4, -0.2) is 52.7 Å². The molecule has 37 heavy (non-hydrogen) atoms. The largest absolute Gasteiger partial charge is 0.492 e. The molecule has 2 atom stereocenters. The predicted octanol–water partition coefficient (Wildman–Crippen LogP) is 3.81. The zero-order valence-corrected chi connectivity index (χ0v) is 20.5. The number of amides is 1. The maximum atomic E-state index is 15.8. The number of carboxylic acid groups (broad SMARTS) is 1. The molecular weight excluding hydrogens is 477 g/mol. The number of fused-ring (bicyclic) bond motifs is 2. The smallest absolute Gasteiger partial charge is 0.341 e. The normalized spacial score (nSPS) is 21.9. The van der Waals surface area contributed by atoms with Gasteiger partial charge in [0.1, 0.15) is 11.3 Å². The number of hydrogen-bond donors (Lipinski definition) is 1. The number of rotatable bonds is 6. The first-order chi connectivity index (χ1) is 17.9. The molecule has 6 rings (SSSR count). The number of aromatic nitrogens is 1. The first-order valence-electron chi connectivity index (χ1n) is 12.7. The fraction of sp³-hybridized carbons (Fsp3) is 0.393. The van der Waals surface area contributed by atoms with Gasteiger partial charge in [-0.05, 0) is 43.9 Å². The first kappa shape index (κ1) is 23.7. The number of aromatic carboxylic acids is 1. The molecule has 8 nitrogen and oxygen atoms in total. The minimum Gasteiger partial charge on any atom is -0.492 e. The third-order valence-corrected chi connectivity index (χ3v) is 7.92. The molecule has 3 heterocycles. The van der Waals surface area contributed by atoms with Crippen LogP contribution in [0, 0.1) is 11.7 Å². The average molecular weight is 506 g/mol. The zero-order valence-electron chi connectivity index (χ0n) is 20.5. The van der Waals surface area contributed by atoms with E-state index in [-0.39, 0.29) is 40.7 Å². The molecule has 1 saturated carbocycles. The van der Waals surface area contributed by atoms with E-state index in [1.54, 1.807) is 4.57 Å². The molecule has 9 heteroatoms. The summed E-state index contributed by atoms with van der Waals surface area (Å²) in [7, 11) is 1.39. The molecule has 1 aromatic heterocycles. The summed E-state index contributed by atoms with van der Waals surface area (Å²) in [6.07, 6.45) is 4.56. The lowest BCUT2D eigenvalue weighted by molar-refractivity contribution is -0.122. The first-order valence-corrected chi connectivity index (χ1v) is 12.7. The van der Waals surface area contributed by atoms with Crippen molar-refractivity contribution in [3.8, 4) is 5.75 Å². The number of benzene rings is 2. The Morgan fingerprint density at radius 2 is 1.92 bits per heavy atom. The van der Waals surface area contributed by atoms with E-state index in [2.05, 4.69) is 17.0 Å². The second-order valence-corrected chi connectivity index (χ2v) is 10.2. The summed E-state index contributed by atoms with van der Waals surface area (Å²) in [6, 6.07) is 11.1. The summed E-state index contributed by atoms with van der Waals surface area (Å²) in [5, 5.41) is 9.51. The van der Waals surface area contributed by atoms with Crippen LogP contribution in [0.5, 0.6) is 5.75 Å². The van der Waals surface area contributed by atoms with Crippen molar-refractivity contribution in [2.45, 2.75) is 44.3 Å². The SMILES string of the molecule is COc1c(N2C[C@@H]3[C@@H](CCCN3Cc3ccccc3)C2=O)c(F)cc2c(=O)c(C(=O)O)cn(C3CC3)c12. The summed E-state index contributed by atoms with van der Waals surface area (Å²) in [5.41, 5.74) is 0.337. The van der Waals surface area contributed by atoms with E-state index < -0.39 is 22.8 Å². The van der Waals surface area contributed by atoms with Gasteiger partial charge < -0.3 is 19.3 Å². The van der Waals surface area contributed by atoms with Gasteiger partial charge in [0.25, 0.3) is 0 Å². The van der Waals surface area contributed by atoms with Crippen LogP contribution in [0.1, 0.15) is 47.6 Å². The van der Waals surface area contributed by atoms with E-state index in [1.165, 1.54) is 18.2 Å². The summed E-state index contributed by atoms with van der Waals surface area (Å²) in [5.74, 6) is -2.44. The molecule has 0 bridgehead atoms. The van der Waals surface area contributed by atoms with Gasteiger partial charge in [-0.25, -0.2) is 9.18 Å². The molecule has 3 aromatic rings. The van der Waals surface area contributed by atoms with Crippen LogP contribution < -0.4 is 15.1 Å². The van der Waals surface area contributed by atoms with Gasteiger partial charge in [-0.3, -0.25) is 14.5 Å². The number of nitrogens with zero attached hydrogens (tertiary/aromatic N) is 3. The number of piperidine rings is 1. The molecule has 1 aliphatic carbocycles. The molecular formula is C28H28FN3O5. The number of likely N-dealkylation sites (tertiary alicyclic amines) is 1. The third-order valence-electron chi connectivity index (χ3n) is 7.92. The van der Waals surface area contributed by atoms with Crippen molar-refractivity contribution in [3.05, 3.63) is 69.8 Å². The van der Waals surface area contributed by atoms with E-state index in [0.717, 1.165) is 43.9 Å². The van der Waals surface area contributed by atoms with Crippen molar-refractivity contribution in [3.63, 3.8) is 0 Å². The Balaban J connectivity index is 1.46. The Labute approximate surface area is 212 Å². The number of anilines is 1. The van der Waals surface area contributed by atoms with Crippen LogP contribution in [0.2, 0.25) is 0 Å². The summed E-state index contributed by atoms with van der Waals surface area (Å²) in [4.78, 5) is 42.2. The lowest BCUT2D eigenvalue weighted by Gasteiger charge is -2.35. The highest BCUT2D eigenvalue weighted by Crippen LogP contribution is 2.46. The maximum Gasteiger partial charge on any atom is 0.341 e. The number of carbonyl (C=O) groups excluding carboxylic acids is 1. The minimum absolute atomic E-state index is 0.00775. The van der Waals surface area contributed by atoms with Gasteiger partial charge in [0.15, 0.2) is 11.6 Å². The second-order valence-electron chi connectivity index (χ2n) is 10.2. The number of hydrogen-bond acceptors (Lipinski definition) is 5. The van der Waals surface area contributed by atoms with Crippen molar-refractivity contribution in [1.82, 2.24) is 9.47 Å². The summed E-state index contributed by atoms with van der Waals surface area (Å²) < 4.78 is 23.2. The number of methoxy groups -OCH3 is 1. The standard InChI is InChI=1S/C28H28FN3O5/c1-37-26-23-19(25(33)20(28(35)36)14-31(23)17-9-10-17)12-21(29)24(26)32-15-22-18(27(32)34)8-5-11-30(22)13-16-6-3-2-4-7-16/h2-4,6-7,12,14,17-18,22H,5,8-11,13,15H2,1H3,(H,35,36)/t18-,22-/m1/s1. The summed E-state index contributed by atoms with van der Waals surface area (Å²) in [6.45, 7) is 1.88. The van der Waals surface area contributed by atoms with E-state index in [0.29, 0.717) is 18.6 Å². The second kappa shape index (κ2) is 8.99. The molecule has 192 valence electrons. The van der Waals surface area contributed by atoms with Crippen LogP contribution in [-0.2, 0) is 11.3 Å². The molecule has 2 aromatic carbocycles. The van der Waals surface area contributed by atoms with Gasteiger partial charge >= 0.3 is 5.97 Å². The average Bonchev–Trinajstić information content (AvgIpc) is 3.68. The quantitative estimate of drug-likeness (QED) is 0.548. The van der Waals surface area contributed by atoms with Crippen LogP contribution in [0.3, 0.4) is 0 Å². The minimum atomic E-state index is -1.36. The Morgan fingerprint density at radius 1 is 1.16 bits per heavy atom. The highest BCUT2D eigenvalue weighted by molar-refractivity contribution is 6.04. The number of ether oxygens (including phenoxy) is 1. The van der Waals surface area contributed by atoms with Gasteiger partial charge in [0.05, 0.1) is 23.9 Å². The molecule has 3 aliphatic rings. The topological polar surface area (TPSA) is 92.1 Å². The molecule has 0 spiro atoms. The van der Waals surface area contributed by atoms with E-state index in [1.807, 2.05) is 18.2 Å². The number of pyridine rings is 1. The molecule has 3 fully saturated rings. The Bertz CT molecular complexity index is 1470. The summed E-state index contributed by atoms with van der Waals surface area (Å²) >= 11 is 0. The Morgan fingerprint density at radius 3 is 2.59 bits per heavy atom. The van der Waals surface area contributed by atoms with Gasteiger partial charge in [0, 0.05) is 31.4 Å². The molecule has 1 amide bonds. The van der Waals surface area contributed by atoms with Crippen molar-refractivity contribution in [2.24, 2.45) is 5.92 Å². The molecule has 1 N–H and O–H groups in total. The fourth-order valence-electron chi connectivity index (χ4n) is 6.03. The van der Waals surface area contributed by atoms with Crippen molar-refractivity contribution in [2.75, 3.05) is 25.1 Å². The number of carboxylic acids is 1. The highest BCUT2D eigenvalue weighted by Gasteiger charge is 2.47. The predicted molar refractivity (Wildman–Crippen MR) is 136 cm³/mol. The zero-order chi connectivity index (χ0) is 25.8. The maximum absolute atomic E-state index is 15.8. The van der Waals surface area contributed by atoms with Gasteiger partial charge in [-0.15, -0.1) is 0 Å². The van der Waals surface area contributed by atoms with E-state index >= 15 is 4.39 Å². The lowest BCUT2D eigenvalue weighted by atomic mass is 9.91. The van der Waals surface area contributed by atoms with Crippen LogP contribution in [0.15, 0.2) is 47.4 Å². The van der Waals surface area contributed by atoms with Gasteiger partial charge in [-0.2, -0.15) is 0 Å². The van der Waals surface area contributed by atoms with Crippen molar-refractivity contribution < 1.29 is 23.8 Å². The van der Waals surface area contributed by atoms with Crippen LogP contribution >= 0.6 is 0 Å². The molecule has 2 saturated heterocycles. The van der Waals surface area contributed by atoms with E-state index in [4.69, 9.17) is 4.74 Å². The van der Waals surface area contributed by atoms with Crippen LogP contribution in [0.25, 0.3) is 10.9 Å². The monoisotopic (exact) mass is 505 g/mol. The third kappa shape index (κ3) is 3.89.